The Morgan fingerprint density at radius 2 is 2.04 bits per heavy atom. The molecule has 132 valence electrons. The van der Waals surface area contributed by atoms with Gasteiger partial charge in [-0.25, -0.2) is 9.97 Å². The van der Waals surface area contributed by atoms with Crippen molar-refractivity contribution in [2.75, 3.05) is 50.1 Å². The third kappa shape index (κ3) is 4.58. The van der Waals surface area contributed by atoms with Crippen LogP contribution in [0.2, 0.25) is 5.02 Å². The summed E-state index contributed by atoms with van der Waals surface area (Å²) in [5.41, 5.74) is 0.673. The second-order valence-corrected chi connectivity index (χ2v) is 6.27. The van der Waals surface area contributed by atoms with Crippen molar-refractivity contribution in [3.05, 3.63) is 41.7 Å². The molecule has 0 spiro atoms. The number of nitrogens with zero attached hydrogens (tertiary/aromatic N) is 3. The third-order valence-electron chi connectivity index (χ3n) is 4.15. The van der Waals surface area contributed by atoms with Crippen molar-refractivity contribution in [2.45, 2.75) is 0 Å². The van der Waals surface area contributed by atoms with Gasteiger partial charge < -0.3 is 19.9 Å². The van der Waals surface area contributed by atoms with Crippen LogP contribution in [0, 0.1) is 0 Å². The number of nitrogens with one attached hydrogen (secondary N) is 2. The van der Waals surface area contributed by atoms with Crippen LogP contribution in [-0.4, -0.2) is 55.7 Å². The van der Waals surface area contributed by atoms with Crippen molar-refractivity contribution in [3.8, 4) is 5.75 Å². The first kappa shape index (κ1) is 17.4. The van der Waals surface area contributed by atoms with Crippen molar-refractivity contribution in [1.82, 2.24) is 9.97 Å². The Bertz CT molecular complexity index is 720. The predicted octanol–water partition coefficient (Wildman–Crippen LogP) is 0.482. The topological polar surface area (TPSA) is 71.8 Å². The number of piperazine rings is 1. The number of anilines is 2. The molecule has 1 aliphatic rings. The molecule has 1 saturated heterocycles. The SMILES string of the molecule is COc1ccc(NC(=O)C[NH+]2CCN(c3ncccn3)CC2)cc1Cl. The molecule has 2 N–H and O–H groups in total. The van der Waals surface area contributed by atoms with Gasteiger partial charge in [-0.05, 0) is 24.3 Å². The molecule has 0 aliphatic carbocycles. The molecule has 1 aliphatic heterocycles. The lowest BCUT2D eigenvalue weighted by Gasteiger charge is -2.31. The van der Waals surface area contributed by atoms with Crippen molar-refractivity contribution in [3.63, 3.8) is 0 Å². The summed E-state index contributed by atoms with van der Waals surface area (Å²) in [6, 6.07) is 7.02. The summed E-state index contributed by atoms with van der Waals surface area (Å²) in [7, 11) is 1.56. The molecule has 8 heteroatoms. The number of halogens is 1. The number of hydrogen-bond acceptors (Lipinski definition) is 5. The molecule has 0 saturated carbocycles. The highest BCUT2D eigenvalue weighted by Gasteiger charge is 2.23. The van der Waals surface area contributed by atoms with Gasteiger partial charge in [0.15, 0.2) is 6.54 Å². The zero-order valence-electron chi connectivity index (χ0n) is 14.0. The van der Waals surface area contributed by atoms with E-state index in [4.69, 9.17) is 16.3 Å². The number of benzene rings is 1. The number of quaternary nitrogens is 1. The minimum Gasteiger partial charge on any atom is -0.495 e. The fourth-order valence-electron chi connectivity index (χ4n) is 2.83. The van der Waals surface area contributed by atoms with Gasteiger partial charge in [-0.3, -0.25) is 4.79 Å². The van der Waals surface area contributed by atoms with Crippen molar-refractivity contribution in [2.24, 2.45) is 0 Å². The molecule has 1 fully saturated rings. The summed E-state index contributed by atoms with van der Waals surface area (Å²) in [6.45, 7) is 3.83. The summed E-state index contributed by atoms with van der Waals surface area (Å²) in [5, 5.41) is 3.36. The first-order chi connectivity index (χ1) is 12.2. The van der Waals surface area contributed by atoms with E-state index in [1.807, 2.05) is 0 Å². The third-order valence-corrected chi connectivity index (χ3v) is 4.45. The van der Waals surface area contributed by atoms with Gasteiger partial charge >= 0.3 is 0 Å². The first-order valence-corrected chi connectivity index (χ1v) is 8.52. The summed E-state index contributed by atoms with van der Waals surface area (Å²) >= 11 is 6.08. The van der Waals surface area contributed by atoms with Crippen LogP contribution in [-0.2, 0) is 4.79 Å². The minimum absolute atomic E-state index is 0.0272. The van der Waals surface area contributed by atoms with Crippen LogP contribution in [0.15, 0.2) is 36.7 Å². The standard InChI is InChI=1S/C17H20ClN5O2/c1-25-15-4-3-13(11-14(15)18)21-16(24)12-22-7-9-23(10-8-22)17-19-5-2-6-20-17/h2-6,11H,7-10,12H2,1H3,(H,21,24)/p+1. The van der Waals surface area contributed by atoms with E-state index < -0.39 is 0 Å². The van der Waals surface area contributed by atoms with Crippen molar-refractivity contribution >= 4 is 29.1 Å². The Morgan fingerprint density at radius 1 is 1.32 bits per heavy atom. The number of carbonyl (C=O) groups excluding carboxylic acids is 1. The van der Waals surface area contributed by atoms with E-state index in [0.29, 0.717) is 23.0 Å². The number of hydrogen-bond donors (Lipinski definition) is 2. The summed E-state index contributed by atoms with van der Waals surface area (Å²) in [4.78, 5) is 24.2. The maximum Gasteiger partial charge on any atom is 0.279 e. The van der Waals surface area contributed by atoms with E-state index in [2.05, 4.69) is 20.2 Å². The van der Waals surface area contributed by atoms with Gasteiger partial charge in [0.05, 0.1) is 38.3 Å². The number of methoxy groups -OCH3 is 1. The van der Waals surface area contributed by atoms with Gasteiger partial charge in [0.1, 0.15) is 5.75 Å². The van der Waals surface area contributed by atoms with Crippen LogP contribution in [0.3, 0.4) is 0 Å². The zero-order valence-corrected chi connectivity index (χ0v) is 14.8. The molecule has 1 aromatic heterocycles. The number of rotatable bonds is 5. The lowest BCUT2D eigenvalue weighted by Crippen LogP contribution is -3.15. The molecular formula is C17H21ClN5O2+. The van der Waals surface area contributed by atoms with Gasteiger partial charge in [-0.15, -0.1) is 0 Å². The highest BCUT2D eigenvalue weighted by molar-refractivity contribution is 6.32. The molecular weight excluding hydrogens is 342 g/mol. The molecule has 2 heterocycles. The van der Waals surface area contributed by atoms with Gasteiger partial charge in [0, 0.05) is 18.1 Å². The van der Waals surface area contributed by atoms with E-state index in [1.54, 1.807) is 43.8 Å². The van der Waals surface area contributed by atoms with Gasteiger partial charge in [-0.2, -0.15) is 0 Å². The fraction of sp³-hybridized carbons (Fsp3) is 0.353. The lowest BCUT2D eigenvalue weighted by atomic mass is 10.3. The Kier molecular flexibility index (Phi) is 5.67. The van der Waals surface area contributed by atoms with Crippen LogP contribution < -0.4 is 19.9 Å². The van der Waals surface area contributed by atoms with Gasteiger partial charge in [0.25, 0.3) is 5.91 Å². The van der Waals surface area contributed by atoms with Crippen molar-refractivity contribution in [1.29, 1.82) is 0 Å². The minimum atomic E-state index is -0.0272. The monoisotopic (exact) mass is 362 g/mol. The number of aromatic nitrogens is 2. The van der Waals surface area contributed by atoms with E-state index in [9.17, 15) is 4.79 Å². The second-order valence-electron chi connectivity index (χ2n) is 5.86. The highest BCUT2D eigenvalue weighted by atomic mass is 35.5. The Hall–Kier alpha value is -2.38. The highest BCUT2D eigenvalue weighted by Crippen LogP contribution is 2.27. The molecule has 0 unspecified atom stereocenters. The number of amides is 1. The Morgan fingerprint density at radius 3 is 2.68 bits per heavy atom. The molecule has 1 amide bonds. The molecule has 0 atom stereocenters. The molecule has 0 bridgehead atoms. The zero-order chi connectivity index (χ0) is 17.6. The smallest absolute Gasteiger partial charge is 0.279 e. The normalized spacial score (nSPS) is 15.0. The summed E-state index contributed by atoms with van der Waals surface area (Å²) in [6.07, 6.45) is 3.49. The molecule has 0 radical (unpaired) electrons. The fourth-order valence-corrected chi connectivity index (χ4v) is 3.09. The number of ether oxygens (including phenoxy) is 1. The van der Waals surface area contributed by atoms with Crippen LogP contribution in [0.1, 0.15) is 0 Å². The van der Waals surface area contributed by atoms with E-state index >= 15 is 0 Å². The molecule has 1 aromatic carbocycles. The molecule has 2 aromatic rings. The van der Waals surface area contributed by atoms with Crippen LogP contribution in [0.25, 0.3) is 0 Å². The Balaban J connectivity index is 1.49. The molecule has 25 heavy (non-hydrogen) atoms. The van der Waals surface area contributed by atoms with Gasteiger partial charge in [0.2, 0.25) is 5.95 Å². The second kappa shape index (κ2) is 8.13. The van der Waals surface area contributed by atoms with Crippen molar-refractivity contribution < 1.29 is 14.4 Å². The van der Waals surface area contributed by atoms with E-state index in [0.717, 1.165) is 32.1 Å². The average molecular weight is 363 g/mol. The average Bonchev–Trinajstić information content (AvgIpc) is 2.63. The maximum absolute atomic E-state index is 12.3. The van der Waals surface area contributed by atoms with E-state index in [-0.39, 0.29) is 5.91 Å². The van der Waals surface area contributed by atoms with Gasteiger partial charge in [-0.1, -0.05) is 11.6 Å². The lowest BCUT2D eigenvalue weighted by molar-refractivity contribution is -0.892. The first-order valence-electron chi connectivity index (χ1n) is 8.14. The van der Waals surface area contributed by atoms with Crippen LogP contribution >= 0.6 is 11.6 Å². The Labute approximate surface area is 151 Å². The number of carbonyl (C=O) groups is 1. The van der Waals surface area contributed by atoms with Crippen LogP contribution in [0.4, 0.5) is 11.6 Å². The predicted molar refractivity (Wildman–Crippen MR) is 96.4 cm³/mol. The largest absolute Gasteiger partial charge is 0.495 e. The quantitative estimate of drug-likeness (QED) is 0.809. The summed E-state index contributed by atoms with van der Waals surface area (Å²) in [5.74, 6) is 1.31. The summed E-state index contributed by atoms with van der Waals surface area (Å²) < 4.78 is 5.11. The molecule has 7 nitrogen and oxygen atoms in total. The maximum atomic E-state index is 12.3. The van der Waals surface area contributed by atoms with E-state index in [1.165, 1.54) is 4.90 Å². The van der Waals surface area contributed by atoms with Crippen LogP contribution in [0.5, 0.6) is 5.75 Å². The molecule has 3 rings (SSSR count).